The van der Waals surface area contributed by atoms with Crippen molar-refractivity contribution in [3.63, 3.8) is 0 Å². The van der Waals surface area contributed by atoms with Crippen molar-refractivity contribution in [3.8, 4) is 22.3 Å². The Labute approximate surface area is 333 Å². The minimum absolute atomic E-state index is 0. The number of allylic oxidation sites excluding steroid dienone is 2. The van der Waals surface area contributed by atoms with Crippen molar-refractivity contribution < 1.29 is 20.0 Å². The van der Waals surface area contributed by atoms with E-state index in [-0.39, 0.29) is 35.6 Å². The molecule has 1 aliphatic heterocycles. The third-order valence-electron chi connectivity index (χ3n) is 12.5. The summed E-state index contributed by atoms with van der Waals surface area (Å²) in [5.74, 6) is 0. The monoisotopic (exact) mass is 900 g/mol. The van der Waals surface area contributed by atoms with E-state index in [1.807, 2.05) is 0 Å². The Balaban J connectivity index is 0.00000261. The third-order valence-corrected chi connectivity index (χ3v) is 34.9. The average Bonchev–Trinajstić information content (AvgIpc) is 3.64. The van der Waals surface area contributed by atoms with E-state index in [9.17, 15) is 0 Å². The van der Waals surface area contributed by atoms with Crippen LogP contribution < -0.4 is 0 Å². The summed E-state index contributed by atoms with van der Waals surface area (Å²) in [5.41, 5.74) is 18.8. The normalized spacial score (nSPS) is 18.7. The number of benzene rings is 4. The van der Waals surface area contributed by atoms with Gasteiger partial charge in [0.25, 0.3) is 0 Å². The molecule has 7 rings (SSSR count). The molecule has 3 aliphatic rings. The summed E-state index contributed by atoms with van der Waals surface area (Å²) in [7, 11) is 0. The van der Waals surface area contributed by atoms with Gasteiger partial charge in [0.05, 0.1) is 0 Å². The summed E-state index contributed by atoms with van der Waals surface area (Å²) in [6.07, 6.45) is 14.5. The fraction of sp³-hybridized carbons (Fsp3) is 0.429. The summed E-state index contributed by atoms with van der Waals surface area (Å²) in [4.78, 5) is 0. The number of fused-ring (bicyclic) bond motifs is 2. The molecule has 0 nitrogen and oxygen atoms in total. The zero-order valence-electron chi connectivity index (χ0n) is 33.1. The van der Waals surface area contributed by atoms with Gasteiger partial charge in [-0.1, -0.05) is 0 Å². The van der Waals surface area contributed by atoms with Gasteiger partial charge in [0.1, 0.15) is 0 Å². The van der Waals surface area contributed by atoms with Crippen molar-refractivity contribution in [3.05, 3.63) is 129 Å². The third kappa shape index (κ3) is 7.55. The summed E-state index contributed by atoms with van der Waals surface area (Å²) in [6.45, 7) is 18.6. The Hall–Kier alpha value is -2.19. The van der Waals surface area contributed by atoms with Gasteiger partial charge < -0.3 is 0 Å². The molecule has 0 aromatic heterocycles. The van der Waals surface area contributed by atoms with Crippen molar-refractivity contribution >= 4 is 37.0 Å². The van der Waals surface area contributed by atoms with E-state index in [2.05, 4.69) is 152 Å². The Morgan fingerprint density at radius 3 is 1.23 bits per heavy atom. The van der Waals surface area contributed by atoms with Crippen molar-refractivity contribution in [2.24, 2.45) is 0 Å². The van der Waals surface area contributed by atoms with Gasteiger partial charge in [-0.2, -0.15) is 0 Å². The van der Waals surface area contributed by atoms with E-state index in [0.29, 0.717) is 7.35 Å². The van der Waals surface area contributed by atoms with Gasteiger partial charge in [0.2, 0.25) is 0 Å². The molecule has 0 saturated carbocycles. The summed E-state index contributed by atoms with van der Waals surface area (Å²) >= 11 is -3.10. The van der Waals surface area contributed by atoms with Crippen LogP contribution >= 0.6 is 24.8 Å². The molecular weight excluding hydrogens is 838 g/mol. The zero-order valence-corrected chi connectivity index (χ0v) is 38.3. The van der Waals surface area contributed by atoms with Gasteiger partial charge in [0.15, 0.2) is 0 Å². The van der Waals surface area contributed by atoms with Gasteiger partial charge in [-0.15, -0.1) is 24.8 Å². The maximum Gasteiger partial charge on any atom is -0.147 e. The standard InChI is InChI=1S/2C23H27.C3H6.2ClH.Hf/c2*1-5-6-8-17-15-19-9-7-10-21(22(19)16-17)18-11-13-20(14-12-18)23(2,3)4;1-3-2;;;/h2*7,9-16H,5-6,8H2,1-4H3;1-3H2;2*1H;. The maximum atomic E-state index is 2.71. The van der Waals surface area contributed by atoms with Crippen LogP contribution in [0.5, 0.6) is 0 Å². The van der Waals surface area contributed by atoms with E-state index in [0.717, 1.165) is 0 Å². The molecule has 52 heavy (non-hydrogen) atoms. The van der Waals surface area contributed by atoms with Crippen LogP contribution in [0, 0.1) is 0 Å². The Morgan fingerprint density at radius 1 is 0.538 bits per heavy atom. The van der Waals surface area contributed by atoms with Gasteiger partial charge >= 0.3 is 311 Å². The van der Waals surface area contributed by atoms with Crippen molar-refractivity contribution in [1.29, 1.82) is 0 Å². The van der Waals surface area contributed by atoms with Crippen LogP contribution in [0.2, 0.25) is 8.35 Å². The van der Waals surface area contributed by atoms with Crippen molar-refractivity contribution in [2.75, 3.05) is 0 Å². The van der Waals surface area contributed by atoms with E-state index in [1.54, 1.807) is 33.4 Å². The second kappa shape index (κ2) is 16.3. The molecule has 0 N–H and O–H groups in total. The molecule has 0 bridgehead atoms. The summed E-state index contributed by atoms with van der Waals surface area (Å²) < 4.78 is 4.45. The van der Waals surface area contributed by atoms with Crippen LogP contribution in [0.15, 0.2) is 96.1 Å². The van der Waals surface area contributed by atoms with E-state index >= 15 is 0 Å². The molecular formula is C49H62Cl2Hf. The Bertz CT molecular complexity index is 1770. The predicted octanol–water partition coefficient (Wildman–Crippen LogP) is 15.8. The molecule has 2 unspecified atom stereocenters. The smallest absolute Gasteiger partial charge is 0.147 e. The zero-order chi connectivity index (χ0) is 35.3. The van der Waals surface area contributed by atoms with Gasteiger partial charge in [-0.05, 0) is 0 Å². The molecule has 4 aromatic rings. The molecule has 1 saturated heterocycles. The number of unbranched alkanes of at least 4 members (excludes halogenated alkanes) is 2. The molecule has 0 radical (unpaired) electrons. The van der Waals surface area contributed by atoms with E-state index in [4.69, 9.17) is 0 Å². The van der Waals surface area contributed by atoms with Crippen LogP contribution in [-0.4, -0.2) is 0 Å². The van der Waals surface area contributed by atoms with Gasteiger partial charge in [-0.25, -0.2) is 0 Å². The first-order valence-corrected chi connectivity index (χ1v) is 29.1. The van der Waals surface area contributed by atoms with Crippen molar-refractivity contribution in [2.45, 2.75) is 127 Å². The quantitative estimate of drug-likeness (QED) is 0.139. The number of halogens is 2. The molecule has 4 aromatic carbocycles. The maximum absolute atomic E-state index is 3.10. The predicted molar refractivity (Wildman–Crippen MR) is 230 cm³/mol. The number of hydrogen-bond donors (Lipinski definition) is 0. The molecule has 3 heteroatoms. The Morgan fingerprint density at radius 2 is 0.923 bits per heavy atom. The van der Waals surface area contributed by atoms with Gasteiger partial charge in [-0.3, -0.25) is 0 Å². The van der Waals surface area contributed by atoms with Crippen LogP contribution in [0.25, 0.3) is 34.4 Å². The molecule has 1 heterocycles. The van der Waals surface area contributed by atoms with E-state index in [1.165, 1.54) is 86.7 Å². The van der Waals surface area contributed by atoms with Crippen LogP contribution in [0.4, 0.5) is 0 Å². The molecule has 0 amide bonds. The number of hydrogen-bond acceptors (Lipinski definition) is 0. The fourth-order valence-electron chi connectivity index (χ4n) is 9.61. The van der Waals surface area contributed by atoms with Crippen LogP contribution in [0.3, 0.4) is 0 Å². The summed E-state index contributed by atoms with van der Waals surface area (Å²) in [5, 5.41) is 0. The number of rotatable bonds is 10. The topological polar surface area (TPSA) is 0 Å². The molecule has 2 aliphatic carbocycles. The molecule has 276 valence electrons. The summed E-state index contributed by atoms with van der Waals surface area (Å²) in [6, 6.07) is 33.7. The molecule has 0 spiro atoms. The van der Waals surface area contributed by atoms with E-state index < -0.39 is 20.0 Å². The minimum Gasteiger partial charge on any atom is -0.147 e. The minimum atomic E-state index is -3.10. The largest absolute Gasteiger partial charge is 0.147 e. The molecule has 1 fully saturated rings. The fourth-order valence-corrected chi connectivity index (χ4v) is 32.4. The first kappa shape index (κ1) is 41.0. The Kier molecular flexibility index (Phi) is 12.8. The SMILES string of the molecule is CCCCC1=Cc2c(-c3ccc(C(C)(C)C)cc3)cccc2[CH]1[Hf]1([CH]2C(CCCC)=Cc3c(-c4ccc(C(C)(C)C)cc4)cccc32)[CH2]C[CH2]1.Cl.Cl. The van der Waals surface area contributed by atoms with Crippen LogP contribution in [-0.2, 0) is 30.8 Å². The second-order valence-corrected chi connectivity index (χ2v) is 34.5. The average molecular weight is 900 g/mol. The first-order chi connectivity index (χ1) is 24.0. The molecule has 2 atom stereocenters. The second-order valence-electron chi connectivity index (χ2n) is 17.9. The van der Waals surface area contributed by atoms with Gasteiger partial charge in [0, 0.05) is 0 Å². The van der Waals surface area contributed by atoms with Crippen LogP contribution in [0.1, 0.15) is 141 Å². The first-order valence-electron chi connectivity index (χ1n) is 19.8. The van der Waals surface area contributed by atoms with Crippen molar-refractivity contribution in [1.82, 2.24) is 0 Å².